The molecule has 0 aliphatic heterocycles. The Morgan fingerprint density at radius 2 is 2.32 bits per heavy atom. The molecule has 3 rings (SSSR count). The minimum atomic E-state index is 0.592. The minimum absolute atomic E-state index is 0.592. The molecule has 3 heterocycles. The van der Waals surface area contributed by atoms with Crippen LogP contribution in [-0.2, 0) is 4.74 Å². The molecule has 5 nitrogen and oxygen atoms in total. The lowest BCUT2D eigenvalue weighted by Gasteiger charge is -2.06. The number of thiophene rings is 1. The molecular formula is C13H13N3O2S. The number of hydrogen-bond acceptors (Lipinski definition) is 6. The molecule has 0 aliphatic rings. The summed E-state index contributed by atoms with van der Waals surface area (Å²) in [4.78, 5) is 8.99. The Hall–Kier alpha value is -1.92. The first kappa shape index (κ1) is 12.1. The summed E-state index contributed by atoms with van der Waals surface area (Å²) in [5.74, 6) is 1.35. The van der Waals surface area contributed by atoms with Crippen LogP contribution in [0, 0.1) is 0 Å². The lowest BCUT2D eigenvalue weighted by atomic mass is 10.3. The van der Waals surface area contributed by atoms with Gasteiger partial charge in [-0.2, -0.15) is 0 Å². The van der Waals surface area contributed by atoms with E-state index in [9.17, 15) is 0 Å². The van der Waals surface area contributed by atoms with Crippen molar-refractivity contribution in [3.05, 3.63) is 29.8 Å². The van der Waals surface area contributed by atoms with Gasteiger partial charge in [0.25, 0.3) is 0 Å². The third-order valence-electron chi connectivity index (χ3n) is 2.65. The van der Waals surface area contributed by atoms with Gasteiger partial charge < -0.3 is 14.5 Å². The van der Waals surface area contributed by atoms with E-state index in [1.165, 1.54) is 0 Å². The van der Waals surface area contributed by atoms with Gasteiger partial charge in [0.05, 0.1) is 23.1 Å². The Balaban J connectivity index is 2.01. The van der Waals surface area contributed by atoms with Crippen LogP contribution in [0.25, 0.3) is 21.7 Å². The van der Waals surface area contributed by atoms with Crippen LogP contribution in [0.4, 0.5) is 5.95 Å². The van der Waals surface area contributed by atoms with Crippen molar-refractivity contribution in [1.29, 1.82) is 0 Å². The van der Waals surface area contributed by atoms with E-state index in [1.807, 2.05) is 23.6 Å². The number of methoxy groups -OCH3 is 1. The lowest BCUT2D eigenvalue weighted by Crippen LogP contribution is -2.10. The second kappa shape index (κ2) is 5.38. The van der Waals surface area contributed by atoms with E-state index in [4.69, 9.17) is 9.15 Å². The van der Waals surface area contributed by atoms with E-state index in [0.717, 1.165) is 21.7 Å². The molecule has 0 radical (unpaired) electrons. The van der Waals surface area contributed by atoms with Crippen LogP contribution in [0.2, 0.25) is 0 Å². The molecule has 0 unspecified atom stereocenters. The summed E-state index contributed by atoms with van der Waals surface area (Å²) in [7, 11) is 1.67. The summed E-state index contributed by atoms with van der Waals surface area (Å²) in [5.41, 5.74) is 1.75. The van der Waals surface area contributed by atoms with Crippen molar-refractivity contribution >= 4 is 27.5 Å². The van der Waals surface area contributed by atoms with Crippen molar-refractivity contribution in [3.8, 4) is 11.5 Å². The second-order valence-electron chi connectivity index (χ2n) is 3.93. The molecular weight excluding hydrogens is 262 g/mol. The first-order valence-corrected chi connectivity index (χ1v) is 6.78. The van der Waals surface area contributed by atoms with Crippen LogP contribution in [-0.4, -0.2) is 30.2 Å². The molecule has 0 spiro atoms. The van der Waals surface area contributed by atoms with Crippen LogP contribution in [0.1, 0.15) is 0 Å². The van der Waals surface area contributed by atoms with Crippen molar-refractivity contribution in [1.82, 2.24) is 9.97 Å². The Labute approximate surface area is 114 Å². The normalized spacial score (nSPS) is 11.0. The first-order chi connectivity index (χ1) is 9.38. The Kier molecular flexibility index (Phi) is 3.43. The van der Waals surface area contributed by atoms with Crippen LogP contribution in [0.5, 0.6) is 0 Å². The number of fused-ring (bicyclic) bond motifs is 1. The second-order valence-corrected chi connectivity index (χ2v) is 4.84. The highest BCUT2D eigenvalue weighted by molar-refractivity contribution is 7.17. The highest BCUT2D eigenvalue weighted by Crippen LogP contribution is 2.31. The Bertz CT molecular complexity index is 664. The fourth-order valence-electron chi connectivity index (χ4n) is 1.79. The number of nitrogens with zero attached hydrogens (tertiary/aromatic N) is 2. The molecule has 0 bridgehead atoms. The molecule has 0 aromatic carbocycles. The van der Waals surface area contributed by atoms with Crippen molar-refractivity contribution < 1.29 is 9.15 Å². The van der Waals surface area contributed by atoms with Crippen molar-refractivity contribution in [3.63, 3.8) is 0 Å². The smallest absolute Gasteiger partial charge is 0.224 e. The molecule has 0 aliphatic carbocycles. The van der Waals surface area contributed by atoms with Crippen molar-refractivity contribution in [2.45, 2.75) is 0 Å². The maximum Gasteiger partial charge on any atom is 0.224 e. The SMILES string of the molecule is COCCNc1nc(-c2ccco2)c2sccc2n1. The predicted molar refractivity (Wildman–Crippen MR) is 75.5 cm³/mol. The average Bonchev–Trinajstić information content (AvgIpc) is 3.09. The van der Waals surface area contributed by atoms with Crippen molar-refractivity contribution in [2.24, 2.45) is 0 Å². The van der Waals surface area contributed by atoms with Gasteiger partial charge in [-0.3, -0.25) is 0 Å². The van der Waals surface area contributed by atoms with Crippen LogP contribution in [0.15, 0.2) is 34.3 Å². The number of rotatable bonds is 5. The number of anilines is 1. The van der Waals surface area contributed by atoms with E-state index in [0.29, 0.717) is 19.1 Å². The van der Waals surface area contributed by atoms with E-state index in [1.54, 1.807) is 24.7 Å². The summed E-state index contributed by atoms with van der Waals surface area (Å²) in [6, 6.07) is 5.74. The number of ether oxygens (including phenoxy) is 1. The van der Waals surface area contributed by atoms with E-state index in [2.05, 4.69) is 15.3 Å². The zero-order valence-corrected chi connectivity index (χ0v) is 11.2. The van der Waals surface area contributed by atoms with Gasteiger partial charge in [0.15, 0.2) is 5.76 Å². The molecule has 98 valence electrons. The molecule has 0 saturated carbocycles. The molecule has 0 atom stereocenters. The zero-order valence-electron chi connectivity index (χ0n) is 10.4. The molecule has 19 heavy (non-hydrogen) atoms. The average molecular weight is 275 g/mol. The quantitative estimate of drug-likeness (QED) is 0.725. The van der Waals surface area contributed by atoms with Gasteiger partial charge in [0.2, 0.25) is 5.95 Å². The fourth-order valence-corrected chi connectivity index (χ4v) is 2.61. The molecule has 0 saturated heterocycles. The van der Waals surface area contributed by atoms with Crippen molar-refractivity contribution in [2.75, 3.05) is 25.6 Å². The highest BCUT2D eigenvalue weighted by Gasteiger charge is 2.12. The maximum atomic E-state index is 5.44. The summed E-state index contributed by atoms with van der Waals surface area (Å²) in [6.07, 6.45) is 1.65. The highest BCUT2D eigenvalue weighted by atomic mass is 32.1. The molecule has 3 aromatic rings. The van der Waals surface area contributed by atoms with Crippen LogP contribution in [0.3, 0.4) is 0 Å². The van der Waals surface area contributed by atoms with Crippen LogP contribution >= 0.6 is 11.3 Å². The standard InChI is InChI=1S/C13H13N3O2S/c1-17-7-5-14-13-15-9-4-8-19-12(9)11(16-13)10-3-2-6-18-10/h2-4,6,8H,5,7H2,1H3,(H,14,15,16). The fraction of sp³-hybridized carbons (Fsp3) is 0.231. The molecule has 0 fully saturated rings. The number of aromatic nitrogens is 2. The topological polar surface area (TPSA) is 60.2 Å². The number of hydrogen-bond donors (Lipinski definition) is 1. The van der Waals surface area contributed by atoms with Gasteiger partial charge >= 0.3 is 0 Å². The largest absolute Gasteiger partial charge is 0.463 e. The van der Waals surface area contributed by atoms with Gasteiger partial charge in [-0.05, 0) is 23.6 Å². The van der Waals surface area contributed by atoms with Gasteiger partial charge in [0.1, 0.15) is 5.69 Å². The maximum absolute atomic E-state index is 5.44. The Morgan fingerprint density at radius 3 is 3.11 bits per heavy atom. The first-order valence-electron chi connectivity index (χ1n) is 5.90. The lowest BCUT2D eigenvalue weighted by molar-refractivity contribution is 0.210. The number of nitrogens with one attached hydrogen (secondary N) is 1. The van der Waals surface area contributed by atoms with Crippen LogP contribution < -0.4 is 5.32 Å². The monoisotopic (exact) mass is 275 g/mol. The number of furan rings is 1. The molecule has 6 heteroatoms. The minimum Gasteiger partial charge on any atom is -0.463 e. The molecule has 1 N–H and O–H groups in total. The summed E-state index contributed by atoms with van der Waals surface area (Å²) >= 11 is 1.61. The summed E-state index contributed by atoms with van der Waals surface area (Å²) in [6.45, 7) is 1.28. The third-order valence-corrected chi connectivity index (χ3v) is 3.56. The Morgan fingerprint density at radius 1 is 1.37 bits per heavy atom. The predicted octanol–water partition coefficient (Wildman–Crippen LogP) is 3.01. The van der Waals surface area contributed by atoms with E-state index >= 15 is 0 Å². The zero-order chi connectivity index (χ0) is 13.1. The van der Waals surface area contributed by atoms with E-state index < -0.39 is 0 Å². The molecule has 3 aromatic heterocycles. The van der Waals surface area contributed by atoms with Gasteiger partial charge in [-0.1, -0.05) is 0 Å². The summed E-state index contributed by atoms with van der Waals surface area (Å²) in [5, 5.41) is 5.15. The van der Waals surface area contributed by atoms with Gasteiger partial charge in [-0.25, -0.2) is 9.97 Å². The van der Waals surface area contributed by atoms with E-state index in [-0.39, 0.29) is 0 Å². The summed E-state index contributed by atoms with van der Waals surface area (Å²) < 4.78 is 11.5. The molecule has 0 amide bonds. The van der Waals surface area contributed by atoms with Gasteiger partial charge in [-0.15, -0.1) is 11.3 Å². The van der Waals surface area contributed by atoms with Gasteiger partial charge in [0, 0.05) is 13.7 Å². The third kappa shape index (κ3) is 2.45.